The van der Waals surface area contributed by atoms with Crippen molar-refractivity contribution in [1.29, 1.82) is 0 Å². The molecule has 0 atom stereocenters. The van der Waals surface area contributed by atoms with Gasteiger partial charge in [0.25, 0.3) is 0 Å². The quantitative estimate of drug-likeness (QED) is 0.790. The lowest BCUT2D eigenvalue weighted by Gasteiger charge is -2.11. The number of nitrogens with zero attached hydrogens (tertiary/aromatic N) is 1. The minimum atomic E-state index is 0.405. The van der Waals surface area contributed by atoms with Crippen molar-refractivity contribution in [3.8, 4) is 11.5 Å². The first kappa shape index (κ1) is 13.4. The van der Waals surface area contributed by atoms with E-state index in [0.29, 0.717) is 23.7 Å². The normalized spacial score (nSPS) is 12.0. The Labute approximate surface area is 123 Å². The number of ether oxygens (including phenoxy) is 2. The van der Waals surface area contributed by atoms with Crippen LogP contribution < -0.4 is 9.47 Å². The van der Waals surface area contributed by atoms with Crippen LogP contribution in [0.15, 0.2) is 36.5 Å². The molecule has 0 saturated carbocycles. The SMILES string of the molecule is COc1ccc(OCc2ccnc3c2C=CC3)c(C=O)c1. The largest absolute Gasteiger partial charge is 0.497 e. The van der Waals surface area contributed by atoms with E-state index < -0.39 is 0 Å². The highest BCUT2D eigenvalue weighted by atomic mass is 16.5. The molecule has 0 bridgehead atoms. The van der Waals surface area contributed by atoms with Crippen LogP contribution in [0.5, 0.6) is 11.5 Å². The second kappa shape index (κ2) is 5.79. The van der Waals surface area contributed by atoms with E-state index in [-0.39, 0.29) is 0 Å². The van der Waals surface area contributed by atoms with Crippen LogP contribution in [0.1, 0.15) is 27.2 Å². The number of fused-ring (bicyclic) bond motifs is 1. The molecule has 0 fully saturated rings. The third-order valence-electron chi connectivity index (χ3n) is 3.49. The van der Waals surface area contributed by atoms with Gasteiger partial charge < -0.3 is 9.47 Å². The lowest BCUT2D eigenvalue weighted by molar-refractivity contribution is 0.111. The van der Waals surface area contributed by atoms with Crippen LogP contribution in [-0.4, -0.2) is 18.4 Å². The molecular formula is C17H15NO3. The van der Waals surface area contributed by atoms with Crippen LogP contribution in [0.3, 0.4) is 0 Å². The van der Waals surface area contributed by atoms with Crippen molar-refractivity contribution < 1.29 is 14.3 Å². The number of hydrogen-bond acceptors (Lipinski definition) is 4. The molecule has 1 aliphatic carbocycles. The Hall–Kier alpha value is -2.62. The first-order valence-corrected chi connectivity index (χ1v) is 6.71. The van der Waals surface area contributed by atoms with E-state index in [0.717, 1.165) is 29.5 Å². The molecule has 2 aromatic rings. The molecule has 1 aromatic heterocycles. The molecule has 0 radical (unpaired) electrons. The van der Waals surface area contributed by atoms with Gasteiger partial charge in [-0.25, -0.2) is 0 Å². The molecule has 0 amide bonds. The second-order valence-corrected chi connectivity index (χ2v) is 4.75. The highest BCUT2D eigenvalue weighted by Gasteiger charge is 2.12. The van der Waals surface area contributed by atoms with E-state index in [1.165, 1.54) is 0 Å². The highest BCUT2D eigenvalue weighted by molar-refractivity contribution is 5.80. The van der Waals surface area contributed by atoms with E-state index in [1.807, 2.05) is 6.07 Å². The maximum Gasteiger partial charge on any atom is 0.153 e. The fourth-order valence-corrected chi connectivity index (χ4v) is 2.37. The maximum atomic E-state index is 11.1. The molecule has 0 unspecified atom stereocenters. The van der Waals surface area contributed by atoms with Crippen LogP contribution >= 0.6 is 0 Å². The van der Waals surface area contributed by atoms with Gasteiger partial charge in [-0.2, -0.15) is 0 Å². The topological polar surface area (TPSA) is 48.4 Å². The molecule has 0 N–H and O–H groups in total. The van der Waals surface area contributed by atoms with Crippen molar-refractivity contribution in [3.05, 3.63) is 58.9 Å². The van der Waals surface area contributed by atoms with Crippen molar-refractivity contribution in [2.75, 3.05) is 7.11 Å². The van der Waals surface area contributed by atoms with Crippen molar-refractivity contribution in [2.24, 2.45) is 0 Å². The molecule has 1 aliphatic rings. The smallest absolute Gasteiger partial charge is 0.153 e. The molecule has 4 nitrogen and oxygen atoms in total. The van der Waals surface area contributed by atoms with E-state index in [9.17, 15) is 4.79 Å². The van der Waals surface area contributed by atoms with Gasteiger partial charge in [-0.3, -0.25) is 9.78 Å². The van der Waals surface area contributed by atoms with Gasteiger partial charge in [-0.15, -0.1) is 0 Å². The minimum Gasteiger partial charge on any atom is -0.497 e. The van der Waals surface area contributed by atoms with Gasteiger partial charge in [-0.1, -0.05) is 12.2 Å². The number of rotatable bonds is 5. The summed E-state index contributed by atoms with van der Waals surface area (Å²) in [6.45, 7) is 0.405. The fraction of sp³-hybridized carbons (Fsp3) is 0.176. The molecule has 4 heteroatoms. The summed E-state index contributed by atoms with van der Waals surface area (Å²) in [6, 6.07) is 7.14. The van der Waals surface area contributed by atoms with Gasteiger partial charge in [0.05, 0.1) is 18.4 Å². The first-order chi connectivity index (χ1) is 10.3. The van der Waals surface area contributed by atoms with Gasteiger partial charge in [0, 0.05) is 18.2 Å². The molecule has 0 aliphatic heterocycles. The summed E-state index contributed by atoms with van der Waals surface area (Å²) in [6.07, 6.45) is 7.58. The highest BCUT2D eigenvalue weighted by Crippen LogP contribution is 2.26. The van der Waals surface area contributed by atoms with Crippen molar-refractivity contribution >= 4 is 12.4 Å². The van der Waals surface area contributed by atoms with E-state index in [2.05, 4.69) is 17.1 Å². The molecule has 1 heterocycles. The molecule has 21 heavy (non-hydrogen) atoms. The number of aromatic nitrogens is 1. The first-order valence-electron chi connectivity index (χ1n) is 6.71. The molecule has 1 aromatic carbocycles. The maximum absolute atomic E-state index is 11.1. The summed E-state index contributed by atoms with van der Waals surface area (Å²) in [4.78, 5) is 15.5. The molecule has 0 spiro atoms. The Bertz CT molecular complexity index is 707. The van der Waals surface area contributed by atoms with Crippen molar-refractivity contribution in [1.82, 2.24) is 4.98 Å². The van der Waals surface area contributed by atoms with Gasteiger partial charge in [-0.05, 0) is 29.8 Å². The summed E-state index contributed by atoms with van der Waals surface area (Å²) in [5.74, 6) is 1.19. The van der Waals surface area contributed by atoms with Gasteiger partial charge in [0.2, 0.25) is 0 Å². The fourth-order valence-electron chi connectivity index (χ4n) is 2.37. The summed E-state index contributed by atoms with van der Waals surface area (Å²) >= 11 is 0. The van der Waals surface area contributed by atoms with Gasteiger partial charge in [0.15, 0.2) is 6.29 Å². The van der Waals surface area contributed by atoms with E-state index in [1.54, 1.807) is 31.5 Å². The molecule has 0 saturated heterocycles. The summed E-state index contributed by atoms with van der Waals surface area (Å²) in [5, 5.41) is 0. The van der Waals surface area contributed by atoms with Crippen LogP contribution in [0.25, 0.3) is 6.08 Å². The minimum absolute atomic E-state index is 0.405. The average Bonchev–Trinajstić information content (AvgIpc) is 3.01. The number of benzene rings is 1. The van der Waals surface area contributed by atoms with Gasteiger partial charge in [0.1, 0.15) is 18.1 Å². The number of allylic oxidation sites excluding steroid dienone is 1. The Kier molecular flexibility index (Phi) is 3.69. The number of carbonyl (C=O) groups excluding carboxylic acids is 1. The predicted molar refractivity (Wildman–Crippen MR) is 79.7 cm³/mol. The van der Waals surface area contributed by atoms with Crippen molar-refractivity contribution in [2.45, 2.75) is 13.0 Å². The summed E-state index contributed by atoms with van der Waals surface area (Å²) < 4.78 is 10.9. The zero-order valence-electron chi connectivity index (χ0n) is 11.7. The number of carbonyl (C=O) groups is 1. The average molecular weight is 281 g/mol. The van der Waals surface area contributed by atoms with Crippen molar-refractivity contribution in [3.63, 3.8) is 0 Å². The standard InChI is InChI=1S/C17H15NO3/c1-20-14-5-6-17(13(9-14)10-19)21-11-12-7-8-18-16-4-2-3-15(12)16/h2-3,5-10H,4,11H2,1H3. The van der Waals surface area contributed by atoms with Crippen LogP contribution in [0, 0.1) is 0 Å². The third-order valence-corrected chi connectivity index (χ3v) is 3.49. The van der Waals surface area contributed by atoms with E-state index in [4.69, 9.17) is 9.47 Å². The Morgan fingerprint density at radius 1 is 1.33 bits per heavy atom. The third kappa shape index (κ3) is 2.65. The number of methoxy groups -OCH3 is 1. The number of aldehydes is 1. The zero-order valence-corrected chi connectivity index (χ0v) is 11.7. The Morgan fingerprint density at radius 3 is 3.05 bits per heavy atom. The summed E-state index contributed by atoms with van der Waals surface area (Å²) in [7, 11) is 1.57. The number of pyridine rings is 1. The molecule has 106 valence electrons. The van der Waals surface area contributed by atoms with Crippen LogP contribution in [0.4, 0.5) is 0 Å². The van der Waals surface area contributed by atoms with Crippen LogP contribution in [0.2, 0.25) is 0 Å². The van der Waals surface area contributed by atoms with Gasteiger partial charge >= 0.3 is 0 Å². The summed E-state index contributed by atoms with van der Waals surface area (Å²) in [5.41, 5.74) is 3.75. The molecule has 3 rings (SSSR count). The Balaban J connectivity index is 1.81. The zero-order chi connectivity index (χ0) is 14.7. The Morgan fingerprint density at radius 2 is 2.24 bits per heavy atom. The second-order valence-electron chi connectivity index (χ2n) is 4.75. The monoisotopic (exact) mass is 281 g/mol. The predicted octanol–water partition coefficient (Wildman–Crippen LogP) is 3.05. The number of hydrogen-bond donors (Lipinski definition) is 0. The van der Waals surface area contributed by atoms with Crippen LogP contribution in [-0.2, 0) is 13.0 Å². The van der Waals surface area contributed by atoms with E-state index >= 15 is 0 Å². The molecular weight excluding hydrogens is 266 g/mol. The lowest BCUT2D eigenvalue weighted by atomic mass is 10.1. The lowest BCUT2D eigenvalue weighted by Crippen LogP contribution is -2.02.